The monoisotopic (exact) mass is 503 g/mol. The fourth-order valence-electron chi connectivity index (χ4n) is 8.44. The molecule has 0 radical (unpaired) electrons. The average Bonchev–Trinajstić information content (AvgIpc) is 3.14. The molecule has 0 saturated heterocycles. The molecule has 196 valence electrons. The molecule has 4 rings (SSSR count). The molecule has 0 bridgehead atoms. The van der Waals surface area contributed by atoms with Crippen molar-refractivity contribution in [3.8, 4) is 0 Å². The Bertz CT molecular complexity index is 1030. The highest BCUT2D eigenvalue weighted by Gasteiger charge is 2.63. The summed E-state index contributed by atoms with van der Waals surface area (Å²) in [7, 11) is -4.13. The van der Waals surface area contributed by atoms with Gasteiger partial charge in [-0.1, -0.05) is 20.8 Å². The van der Waals surface area contributed by atoms with Gasteiger partial charge in [-0.15, -0.1) is 0 Å². The highest BCUT2D eigenvalue weighted by Crippen LogP contribution is 2.68. The zero-order valence-electron chi connectivity index (χ0n) is 24.7. The minimum absolute atomic E-state index is 0.0189. The molecule has 1 amide bonds. The molecule has 4 unspecified atom stereocenters. The number of hydrogen-bond donors (Lipinski definition) is 4. The zero-order valence-corrected chi connectivity index (χ0v) is 21.5. The second-order valence-electron chi connectivity index (χ2n) is 11.9. The van der Waals surface area contributed by atoms with Crippen molar-refractivity contribution in [3.05, 3.63) is 0 Å². The van der Waals surface area contributed by atoms with E-state index in [1.807, 2.05) is 6.92 Å². The number of rotatable bonds is 7. The lowest BCUT2D eigenvalue weighted by Gasteiger charge is -2.62. The van der Waals surface area contributed by atoms with Crippen LogP contribution in [0.25, 0.3) is 0 Å². The van der Waals surface area contributed by atoms with E-state index in [4.69, 9.17) is 10.0 Å². The number of aliphatic hydroxyl groups excluding tert-OH is 2. The summed E-state index contributed by atoms with van der Waals surface area (Å²) in [4.78, 5) is 12.2. The fourth-order valence-corrected chi connectivity index (χ4v) is 8.80. The lowest BCUT2D eigenvalue weighted by Crippen LogP contribution is -2.58. The molecule has 4 saturated carbocycles. The first-order valence-electron chi connectivity index (χ1n) is 14.9. The van der Waals surface area contributed by atoms with Crippen LogP contribution >= 0.6 is 0 Å². The first-order valence-corrected chi connectivity index (χ1v) is 14.5. The summed E-state index contributed by atoms with van der Waals surface area (Å²) in [5.74, 6) is -0.418. The Labute approximate surface area is 210 Å². The van der Waals surface area contributed by atoms with Crippen LogP contribution in [0.2, 0.25) is 0 Å². The third-order valence-electron chi connectivity index (χ3n) is 10.3. The van der Waals surface area contributed by atoms with Crippen LogP contribution in [-0.2, 0) is 14.9 Å². The van der Waals surface area contributed by atoms with E-state index in [2.05, 4.69) is 19.2 Å². The van der Waals surface area contributed by atoms with Crippen LogP contribution < -0.4 is 5.32 Å². The Morgan fingerprint density at radius 1 is 1.18 bits per heavy atom. The van der Waals surface area contributed by atoms with Crippen molar-refractivity contribution in [2.24, 2.45) is 46.3 Å². The third-order valence-corrected chi connectivity index (χ3v) is 11.0. The van der Waals surface area contributed by atoms with Crippen LogP contribution in [0.3, 0.4) is 0 Å². The second-order valence-corrected chi connectivity index (χ2v) is 13.5. The van der Waals surface area contributed by atoms with Gasteiger partial charge in [0, 0.05) is 18.4 Å². The van der Waals surface area contributed by atoms with Crippen molar-refractivity contribution < 1.29 is 33.5 Å². The Hall–Kier alpha value is -0.700. The van der Waals surface area contributed by atoms with Crippen LogP contribution in [0.4, 0.5) is 0 Å². The van der Waals surface area contributed by atoms with Crippen molar-refractivity contribution in [2.75, 3.05) is 12.3 Å². The molecule has 0 aromatic rings. The average molecular weight is 504 g/mol. The molecular formula is C26H45NO6S. The Morgan fingerprint density at radius 2 is 1.91 bits per heavy atom. The lowest BCUT2D eigenvalue weighted by atomic mass is 9.43. The molecular weight excluding hydrogens is 454 g/mol. The van der Waals surface area contributed by atoms with Gasteiger partial charge in [-0.25, -0.2) is 0 Å². The molecule has 4 N–H and O–H groups in total. The van der Waals surface area contributed by atoms with E-state index in [1.165, 1.54) is 0 Å². The molecule has 0 aromatic heterocycles. The highest BCUT2D eigenvalue weighted by atomic mass is 32.2. The molecule has 4 aliphatic rings. The number of carbonyl (C=O) groups is 1. The van der Waals surface area contributed by atoms with Gasteiger partial charge in [-0.2, -0.15) is 8.42 Å². The number of fused-ring (bicyclic) bond motifs is 5. The first-order chi connectivity index (χ1) is 17.4. The van der Waals surface area contributed by atoms with Gasteiger partial charge in [0.25, 0.3) is 10.1 Å². The van der Waals surface area contributed by atoms with Crippen molar-refractivity contribution >= 4 is 16.0 Å². The van der Waals surface area contributed by atoms with Crippen LogP contribution in [0.15, 0.2) is 0 Å². The number of nitrogens with one attached hydrogen (secondary N) is 1. The summed E-state index contributed by atoms with van der Waals surface area (Å²) in [5, 5.41) is 24.8. The quantitative estimate of drug-likeness (QED) is 0.395. The van der Waals surface area contributed by atoms with E-state index in [-0.39, 0.29) is 60.3 Å². The molecule has 34 heavy (non-hydrogen) atoms. The summed E-state index contributed by atoms with van der Waals surface area (Å²) in [5.41, 5.74) is -1.00. The molecule has 0 spiro atoms. The standard InChI is InChI=1S/C26H45NO6S/c1-16(4-9-24(30)27-12-13-34(31,32)33)20-7-8-21-19-6-5-17-14-18(28)10-11-25(17,2)22(19)15-23(29)26(20,21)3/h16-23,28-29H,4-15H2,1-3H3,(H,27,30)(H,31,32,33)/t16-,17?,18-,19?,20-,21?,22?,23+,25+,26-/m1/s1/i10D2,14D2. The molecule has 10 atom stereocenters. The summed E-state index contributed by atoms with van der Waals surface area (Å²) in [6.45, 7) is 6.12. The van der Waals surface area contributed by atoms with Gasteiger partial charge in [-0.3, -0.25) is 9.35 Å². The van der Waals surface area contributed by atoms with Gasteiger partial charge in [0.1, 0.15) is 0 Å². The normalized spacial score (nSPS) is 49.8. The summed E-state index contributed by atoms with van der Waals surface area (Å²) >= 11 is 0. The maximum absolute atomic E-state index is 12.2. The van der Waals surface area contributed by atoms with E-state index in [9.17, 15) is 23.4 Å². The zero-order chi connectivity index (χ0) is 28.5. The van der Waals surface area contributed by atoms with Crippen molar-refractivity contribution in [1.29, 1.82) is 0 Å². The second kappa shape index (κ2) is 9.64. The number of carbonyl (C=O) groups excluding carboxylic acids is 1. The van der Waals surface area contributed by atoms with E-state index >= 15 is 0 Å². The molecule has 4 fully saturated rings. The molecule has 4 aliphatic carbocycles. The summed E-state index contributed by atoms with van der Waals surface area (Å²) in [6, 6.07) is 0. The first kappa shape index (κ1) is 21.4. The largest absolute Gasteiger partial charge is 0.393 e. The maximum Gasteiger partial charge on any atom is 0.266 e. The van der Waals surface area contributed by atoms with E-state index in [0.29, 0.717) is 19.3 Å². The van der Waals surface area contributed by atoms with Gasteiger partial charge < -0.3 is 15.5 Å². The molecule has 8 heteroatoms. The topological polar surface area (TPSA) is 124 Å². The van der Waals surface area contributed by atoms with Crippen molar-refractivity contribution in [1.82, 2.24) is 5.32 Å². The Morgan fingerprint density at radius 3 is 2.62 bits per heavy atom. The van der Waals surface area contributed by atoms with Crippen LogP contribution in [0, 0.1) is 46.3 Å². The maximum atomic E-state index is 12.2. The van der Waals surface area contributed by atoms with E-state index in [0.717, 1.165) is 19.3 Å². The fraction of sp³-hybridized carbons (Fsp3) is 0.962. The number of aliphatic hydroxyl groups is 2. The molecule has 0 aromatic carbocycles. The predicted molar refractivity (Wildman–Crippen MR) is 130 cm³/mol. The minimum Gasteiger partial charge on any atom is -0.393 e. The van der Waals surface area contributed by atoms with Crippen LogP contribution in [-0.4, -0.2) is 53.6 Å². The van der Waals surface area contributed by atoms with Gasteiger partial charge in [0.05, 0.1) is 18.0 Å². The van der Waals surface area contributed by atoms with Crippen molar-refractivity contribution in [2.45, 2.75) is 97.1 Å². The van der Waals surface area contributed by atoms with Gasteiger partial charge in [0.2, 0.25) is 5.91 Å². The smallest absolute Gasteiger partial charge is 0.266 e. The predicted octanol–water partition coefficient (Wildman–Crippen LogP) is 3.40. The lowest BCUT2D eigenvalue weighted by molar-refractivity contribution is -0.174. The minimum atomic E-state index is -4.13. The Kier molecular flexibility index (Phi) is 6.06. The van der Waals surface area contributed by atoms with E-state index < -0.39 is 52.2 Å². The van der Waals surface area contributed by atoms with Crippen LogP contribution in [0.1, 0.15) is 90.4 Å². The molecule has 0 heterocycles. The summed E-state index contributed by atoms with van der Waals surface area (Å²) in [6.07, 6.45) is -1.64. The van der Waals surface area contributed by atoms with E-state index in [1.54, 1.807) is 0 Å². The highest BCUT2D eigenvalue weighted by molar-refractivity contribution is 7.85. The van der Waals surface area contributed by atoms with Crippen molar-refractivity contribution in [3.63, 3.8) is 0 Å². The number of amides is 1. The third kappa shape index (κ3) is 4.81. The SMILES string of the molecule is [2H]C1([2H])C[C@]2(C)C3C[C@H](O)[C@@]4(C)C(CC[C@@H]4[C@H](C)CCC(=O)NCCS(=O)(=O)O)C3CCC2C([2H])([2H])[C@@H]1O. The van der Waals surface area contributed by atoms with Crippen LogP contribution in [0.5, 0.6) is 0 Å². The summed E-state index contributed by atoms with van der Waals surface area (Å²) < 4.78 is 64.8. The number of hydrogen-bond acceptors (Lipinski definition) is 5. The molecule has 7 nitrogen and oxygen atoms in total. The van der Waals surface area contributed by atoms with Gasteiger partial charge in [0.15, 0.2) is 0 Å². The van der Waals surface area contributed by atoms with Gasteiger partial charge in [-0.05, 0) is 104 Å². The Balaban J connectivity index is 1.47. The van der Waals surface area contributed by atoms with Gasteiger partial charge >= 0.3 is 0 Å². The molecule has 0 aliphatic heterocycles.